The van der Waals surface area contributed by atoms with Crippen LogP contribution in [0.5, 0.6) is 0 Å². The monoisotopic (exact) mass is 173 g/mol. The quantitative estimate of drug-likeness (QED) is 0.634. The van der Waals surface area contributed by atoms with Crippen molar-refractivity contribution in [2.24, 2.45) is 5.92 Å². The molecule has 0 radical (unpaired) electrons. The lowest BCUT2D eigenvalue weighted by Gasteiger charge is -2.17. The van der Waals surface area contributed by atoms with Gasteiger partial charge in [-0.3, -0.25) is 10.1 Å². The topological polar surface area (TPSA) is 58.6 Å². The molecule has 1 aliphatic rings. The molecule has 2 unspecified atom stereocenters. The standard InChI is InChI=1S/C8H15NO3/c1-5-3-12-4-7(5)9-6(2)8(10)11/h5-7,9H,3-4H2,1-2H3,(H,10,11)/t5?,6-,7?/m0/s1. The molecule has 0 spiro atoms. The highest BCUT2D eigenvalue weighted by atomic mass is 16.5. The molecule has 12 heavy (non-hydrogen) atoms. The predicted molar refractivity (Wildman–Crippen MR) is 44.0 cm³/mol. The minimum atomic E-state index is -0.811. The smallest absolute Gasteiger partial charge is 0.320 e. The van der Waals surface area contributed by atoms with Crippen LogP contribution in [0.15, 0.2) is 0 Å². The molecule has 0 aromatic rings. The fraction of sp³-hybridized carbons (Fsp3) is 0.875. The average molecular weight is 173 g/mol. The molecule has 2 N–H and O–H groups in total. The number of carbonyl (C=O) groups is 1. The van der Waals surface area contributed by atoms with Crippen molar-refractivity contribution in [2.45, 2.75) is 25.9 Å². The molecule has 0 amide bonds. The van der Waals surface area contributed by atoms with Crippen LogP contribution in [-0.4, -0.2) is 36.4 Å². The first-order chi connectivity index (χ1) is 5.61. The first kappa shape index (κ1) is 9.48. The van der Waals surface area contributed by atoms with Gasteiger partial charge in [-0.15, -0.1) is 0 Å². The van der Waals surface area contributed by atoms with Crippen LogP contribution in [0.1, 0.15) is 13.8 Å². The summed E-state index contributed by atoms with van der Waals surface area (Å²) in [4.78, 5) is 10.5. The van der Waals surface area contributed by atoms with E-state index in [1.807, 2.05) is 0 Å². The first-order valence-electron chi connectivity index (χ1n) is 4.18. The molecule has 4 nitrogen and oxygen atoms in total. The first-order valence-corrected chi connectivity index (χ1v) is 4.18. The van der Waals surface area contributed by atoms with Crippen molar-refractivity contribution in [1.29, 1.82) is 0 Å². The third-order valence-electron chi connectivity index (χ3n) is 2.20. The van der Waals surface area contributed by atoms with E-state index in [1.54, 1.807) is 6.92 Å². The van der Waals surface area contributed by atoms with E-state index in [4.69, 9.17) is 9.84 Å². The molecule has 1 rings (SSSR count). The summed E-state index contributed by atoms with van der Waals surface area (Å²) >= 11 is 0. The SMILES string of the molecule is CC1COCC1N[C@@H](C)C(=O)O. The number of carboxylic acids is 1. The van der Waals surface area contributed by atoms with Crippen LogP contribution in [0.2, 0.25) is 0 Å². The summed E-state index contributed by atoms with van der Waals surface area (Å²) in [6.07, 6.45) is 0. The van der Waals surface area contributed by atoms with Gasteiger partial charge in [0.1, 0.15) is 6.04 Å². The van der Waals surface area contributed by atoms with Crippen molar-refractivity contribution in [3.8, 4) is 0 Å². The highest BCUT2D eigenvalue weighted by Crippen LogP contribution is 2.12. The van der Waals surface area contributed by atoms with E-state index in [0.717, 1.165) is 6.61 Å². The number of hydrogen-bond donors (Lipinski definition) is 2. The van der Waals surface area contributed by atoms with Crippen LogP contribution in [0.25, 0.3) is 0 Å². The van der Waals surface area contributed by atoms with Gasteiger partial charge in [0.2, 0.25) is 0 Å². The fourth-order valence-corrected chi connectivity index (χ4v) is 1.27. The van der Waals surface area contributed by atoms with Crippen LogP contribution < -0.4 is 5.32 Å². The van der Waals surface area contributed by atoms with E-state index in [9.17, 15) is 4.79 Å². The van der Waals surface area contributed by atoms with Crippen molar-refractivity contribution in [1.82, 2.24) is 5.32 Å². The zero-order valence-electron chi connectivity index (χ0n) is 7.41. The van der Waals surface area contributed by atoms with Crippen LogP contribution in [0.3, 0.4) is 0 Å². The molecule has 0 saturated carbocycles. The Hall–Kier alpha value is -0.610. The lowest BCUT2D eigenvalue weighted by atomic mass is 10.1. The second-order valence-corrected chi connectivity index (χ2v) is 3.35. The van der Waals surface area contributed by atoms with Crippen molar-refractivity contribution in [2.75, 3.05) is 13.2 Å². The summed E-state index contributed by atoms with van der Waals surface area (Å²) < 4.78 is 5.19. The molecule has 1 fully saturated rings. The maximum absolute atomic E-state index is 10.5. The molecule has 4 heteroatoms. The fourth-order valence-electron chi connectivity index (χ4n) is 1.27. The third kappa shape index (κ3) is 2.19. The van der Waals surface area contributed by atoms with Crippen molar-refractivity contribution in [3.05, 3.63) is 0 Å². The van der Waals surface area contributed by atoms with Gasteiger partial charge in [0.15, 0.2) is 0 Å². The number of hydrogen-bond acceptors (Lipinski definition) is 3. The van der Waals surface area contributed by atoms with Gasteiger partial charge in [-0.2, -0.15) is 0 Å². The lowest BCUT2D eigenvalue weighted by Crippen LogP contribution is -2.44. The summed E-state index contributed by atoms with van der Waals surface area (Å²) in [5.41, 5.74) is 0. The van der Waals surface area contributed by atoms with Crippen LogP contribution in [0, 0.1) is 5.92 Å². The predicted octanol–water partition coefficient (Wildman–Crippen LogP) is 0.0840. The molecule has 0 aromatic heterocycles. The number of carboxylic acid groups (broad SMARTS) is 1. The Morgan fingerprint density at radius 2 is 2.33 bits per heavy atom. The summed E-state index contributed by atoms with van der Waals surface area (Å²) in [5.74, 6) is -0.402. The summed E-state index contributed by atoms with van der Waals surface area (Å²) in [6.45, 7) is 5.05. The zero-order chi connectivity index (χ0) is 9.14. The Balaban J connectivity index is 2.35. The average Bonchev–Trinajstić information content (AvgIpc) is 2.36. The van der Waals surface area contributed by atoms with Crippen LogP contribution in [0.4, 0.5) is 0 Å². The van der Waals surface area contributed by atoms with Crippen molar-refractivity contribution < 1.29 is 14.6 Å². The van der Waals surface area contributed by atoms with E-state index < -0.39 is 12.0 Å². The normalized spacial score (nSPS) is 31.8. The van der Waals surface area contributed by atoms with Crippen LogP contribution >= 0.6 is 0 Å². The van der Waals surface area contributed by atoms with Gasteiger partial charge in [0.05, 0.1) is 13.2 Å². The van der Waals surface area contributed by atoms with E-state index in [2.05, 4.69) is 12.2 Å². The van der Waals surface area contributed by atoms with Gasteiger partial charge in [-0.05, 0) is 12.8 Å². The van der Waals surface area contributed by atoms with Gasteiger partial charge in [-0.1, -0.05) is 6.92 Å². The second-order valence-electron chi connectivity index (χ2n) is 3.35. The molecule has 0 bridgehead atoms. The molecule has 0 aliphatic carbocycles. The zero-order valence-corrected chi connectivity index (χ0v) is 7.41. The molecule has 1 aliphatic heterocycles. The van der Waals surface area contributed by atoms with Gasteiger partial charge < -0.3 is 9.84 Å². The maximum Gasteiger partial charge on any atom is 0.320 e. The summed E-state index contributed by atoms with van der Waals surface area (Å²) in [7, 11) is 0. The number of rotatable bonds is 3. The van der Waals surface area contributed by atoms with Crippen LogP contribution in [-0.2, 0) is 9.53 Å². The molecular weight excluding hydrogens is 158 g/mol. The molecule has 1 heterocycles. The summed E-state index contributed by atoms with van der Waals surface area (Å²) in [5, 5.41) is 11.6. The minimum absolute atomic E-state index is 0.191. The summed E-state index contributed by atoms with van der Waals surface area (Å²) in [6, 6.07) is -0.296. The Morgan fingerprint density at radius 1 is 1.67 bits per heavy atom. The Morgan fingerprint density at radius 3 is 2.75 bits per heavy atom. The molecule has 0 aromatic carbocycles. The largest absolute Gasteiger partial charge is 0.480 e. The number of nitrogens with one attached hydrogen (secondary N) is 1. The van der Waals surface area contributed by atoms with E-state index in [-0.39, 0.29) is 6.04 Å². The highest BCUT2D eigenvalue weighted by Gasteiger charge is 2.26. The van der Waals surface area contributed by atoms with E-state index in [0.29, 0.717) is 12.5 Å². The number of ether oxygens (including phenoxy) is 1. The molecule has 70 valence electrons. The molecule has 3 atom stereocenters. The second kappa shape index (κ2) is 3.87. The van der Waals surface area contributed by atoms with E-state index in [1.165, 1.54) is 0 Å². The van der Waals surface area contributed by atoms with Gasteiger partial charge in [-0.25, -0.2) is 0 Å². The van der Waals surface area contributed by atoms with Crippen molar-refractivity contribution >= 4 is 5.97 Å². The minimum Gasteiger partial charge on any atom is -0.480 e. The Kier molecular flexibility index (Phi) is 3.05. The van der Waals surface area contributed by atoms with Gasteiger partial charge in [0, 0.05) is 6.04 Å². The number of aliphatic carboxylic acids is 1. The molecule has 1 saturated heterocycles. The Labute approximate surface area is 71.9 Å². The lowest BCUT2D eigenvalue weighted by molar-refractivity contribution is -0.139. The van der Waals surface area contributed by atoms with Gasteiger partial charge in [0.25, 0.3) is 0 Å². The maximum atomic E-state index is 10.5. The Bertz CT molecular complexity index is 172. The van der Waals surface area contributed by atoms with Crippen molar-refractivity contribution in [3.63, 3.8) is 0 Å². The molecular formula is C8H15NO3. The highest BCUT2D eigenvalue weighted by molar-refractivity contribution is 5.72. The van der Waals surface area contributed by atoms with E-state index >= 15 is 0 Å². The van der Waals surface area contributed by atoms with Gasteiger partial charge >= 0.3 is 5.97 Å². The third-order valence-corrected chi connectivity index (χ3v) is 2.20.